The topological polar surface area (TPSA) is 60.4 Å². The third-order valence-corrected chi connectivity index (χ3v) is 4.77. The number of rotatable bonds is 2. The number of sulfone groups is 1. The zero-order chi connectivity index (χ0) is 10.9. The van der Waals surface area contributed by atoms with Crippen LogP contribution in [0.15, 0.2) is 14.7 Å². The van der Waals surface area contributed by atoms with Gasteiger partial charge in [-0.2, -0.15) is 0 Å². The van der Waals surface area contributed by atoms with E-state index in [1.807, 2.05) is 0 Å². The molecule has 7 heteroatoms. The number of carbonyl (C=O) groups is 1. The molecule has 1 heterocycles. The number of halogens is 1. The Hall–Kier alpha value is -0.400. The predicted molar refractivity (Wildman–Crippen MR) is 56.5 cm³/mol. The molecule has 0 bridgehead atoms. The van der Waals surface area contributed by atoms with Crippen LogP contribution < -0.4 is 0 Å². The van der Waals surface area contributed by atoms with Gasteiger partial charge in [-0.1, -0.05) is 0 Å². The van der Waals surface area contributed by atoms with E-state index in [-0.39, 0.29) is 9.77 Å². The minimum absolute atomic E-state index is 0.114. The van der Waals surface area contributed by atoms with Crippen molar-refractivity contribution in [2.24, 2.45) is 0 Å². The molecule has 0 fully saturated rings. The molecule has 0 radical (unpaired) electrons. The maximum absolute atomic E-state index is 11.2. The van der Waals surface area contributed by atoms with Gasteiger partial charge in [0.2, 0.25) is 0 Å². The highest BCUT2D eigenvalue weighted by Gasteiger charge is 2.19. The molecule has 0 aliphatic rings. The van der Waals surface area contributed by atoms with E-state index in [1.165, 1.54) is 13.2 Å². The molecule has 0 N–H and O–H groups in total. The zero-order valence-electron chi connectivity index (χ0n) is 7.40. The fourth-order valence-corrected chi connectivity index (χ4v) is 4.30. The molecule has 0 saturated carbocycles. The lowest BCUT2D eigenvalue weighted by atomic mass is 10.5. The normalized spacial score (nSPS) is 11.4. The Morgan fingerprint density at radius 1 is 1.57 bits per heavy atom. The third kappa shape index (κ3) is 2.34. The number of carbonyl (C=O) groups excluding carboxylic acids is 1. The van der Waals surface area contributed by atoms with Crippen molar-refractivity contribution < 1.29 is 17.9 Å². The Balaban J connectivity index is 3.25. The number of ether oxygens (including phenoxy) is 1. The first-order valence-electron chi connectivity index (χ1n) is 3.44. The largest absolute Gasteiger partial charge is 0.465 e. The van der Waals surface area contributed by atoms with Gasteiger partial charge in [-0.15, -0.1) is 11.3 Å². The third-order valence-electron chi connectivity index (χ3n) is 1.44. The standard InChI is InChI=1S/C7H7BrO4S2/c1-12-7(9)4-3-5(6(8)13-4)14(2,10)11/h3H,1-2H3. The first-order valence-corrected chi connectivity index (χ1v) is 6.94. The van der Waals surface area contributed by atoms with E-state index in [9.17, 15) is 13.2 Å². The molecule has 0 atom stereocenters. The SMILES string of the molecule is COC(=O)c1cc(S(C)(=O)=O)c(Br)s1. The lowest BCUT2D eigenvalue weighted by Crippen LogP contribution is -1.98. The van der Waals surface area contributed by atoms with Crippen molar-refractivity contribution in [3.8, 4) is 0 Å². The Labute approximate surface area is 93.9 Å². The molecule has 0 spiro atoms. The Bertz CT molecular complexity index is 460. The first-order chi connectivity index (χ1) is 6.36. The second-order valence-corrected chi connectivity index (χ2v) is 6.87. The van der Waals surface area contributed by atoms with Gasteiger partial charge in [-0.3, -0.25) is 0 Å². The van der Waals surface area contributed by atoms with Crippen molar-refractivity contribution in [2.75, 3.05) is 13.4 Å². The van der Waals surface area contributed by atoms with Gasteiger partial charge in [0.15, 0.2) is 9.84 Å². The maximum atomic E-state index is 11.2. The summed E-state index contributed by atoms with van der Waals surface area (Å²) in [6, 6.07) is 1.30. The van der Waals surface area contributed by atoms with Crippen LogP contribution in [-0.4, -0.2) is 27.8 Å². The molecule has 78 valence electrons. The first kappa shape index (κ1) is 11.7. The van der Waals surface area contributed by atoms with Gasteiger partial charge in [-0.05, 0) is 22.0 Å². The van der Waals surface area contributed by atoms with Gasteiger partial charge in [-0.25, -0.2) is 13.2 Å². The Morgan fingerprint density at radius 2 is 2.14 bits per heavy atom. The molecule has 0 aliphatic heterocycles. The summed E-state index contributed by atoms with van der Waals surface area (Å²) in [5, 5.41) is 0. The fourth-order valence-electron chi connectivity index (χ4n) is 0.806. The van der Waals surface area contributed by atoms with Crippen LogP contribution in [0.25, 0.3) is 0 Å². The van der Waals surface area contributed by atoms with E-state index in [4.69, 9.17) is 0 Å². The quantitative estimate of drug-likeness (QED) is 0.780. The summed E-state index contributed by atoms with van der Waals surface area (Å²) in [6.07, 6.45) is 1.08. The minimum atomic E-state index is -3.30. The summed E-state index contributed by atoms with van der Waals surface area (Å²) in [5.74, 6) is -0.536. The molecule has 1 rings (SSSR count). The van der Waals surface area contributed by atoms with Gasteiger partial charge in [0, 0.05) is 6.26 Å². The van der Waals surface area contributed by atoms with Crippen LogP contribution in [0.5, 0.6) is 0 Å². The van der Waals surface area contributed by atoms with Crippen LogP contribution in [0.4, 0.5) is 0 Å². The summed E-state index contributed by atoms with van der Waals surface area (Å²) in [7, 11) is -2.05. The van der Waals surface area contributed by atoms with Crippen LogP contribution in [-0.2, 0) is 14.6 Å². The van der Waals surface area contributed by atoms with Crippen molar-refractivity contribution in [1.82, 2.24) is 0 Å². The smallest absolute Gasteiger partial charge is 0.348 e. The monoisotopic (exact) mass is 298 g/mol. The van der Waals surface area contributed by atoms with Gasteiger partial charge in [0.25, 0.3) is 0 Å². The summed E-state index contributed by atoms with van der Waals surface area (Å²) >= 11 is 4.12. The van der Waals surface area contributed by atoms with Crippen LogP contribution in [0.1, 0.15) is 9.67 Å². The van der Waals surface area contributed by atoms with Gasteiger partial charge in [0.05, 0.1) is 15.8 Å². The predicted octanol–water partition coefficient (Wildman–Crippen LogP) is 1.70. The number of hydrogen-bond acceptors (Lipinski definition) is 5. The molecule has 0 aliphatic carbocycles. The summed E-state index contributed by atoms with van der Waals surface area (Å²) in [4.78, 5) is 11.5. The maximum Gasteiger partial charge on any atom is 0.348 e. The van der Waals surface area contributed by atoms with Crippen LogP contribution in [0.2, 0.25) is 0 Å². The van der Waals surface area contributed by atoms with Gasteiger partial charge >= 0.3 is 5.97 Å². The van der Waals surface area contributed by atoms with E-state index >= 15 is 0 Å². The van der Waals surface area contributed by atoms with Crippen molar-refractivity contribution in [3.63, 3.8) is 0 Å². The Kier molecular flexibility index (Phi) is 3.33. The van der Waals surface area contributed by atoms with Crippen molar-refractivity contribution in [1.29, 1.82) is 0 Å². The molecule has 1 aromatic rings. The van der Waals surface area contributed by atoms with Gasteiger partial charge < -0.3 is 4.74 Å². The summed E-state index contributed by atoms with van der Waals surface area (Å²) in [5.41, 5.74) is 0. The van der Waals surface area contributed by atoms with E-state index in [1.54, 1.807) is 0 Å². The lowest BCUT2D eigenvalue weighted by Gasteiger charge is -1.92. The second kappa shape index (κ2) is 4.00. The number of thiophene rings is 1. The summed E-state index contributed by atoms with van der Waals surface area (Å²) < 4.78 is 27.3. The molecular formula is C7H7BrO4S2. The Morgan fingerprint density at radius 3 is 2.50 bits per heavy atom. The second-order valence-electron chi connectivity index (χ2n) is 2.51. The average molecular weight is 299 g/mol. The van der Waals surface area contributed by atoms with Crippen LogP contribution >= 0.6 is 27.3 Å². The molecule has 4 nitrogen and oxygen atoms in total. The van der Waals surface area contributed by atoms with Crippen molar-refractivity contribution >= 4 is 43.1 Å². The van der Waals surface area contributed by atoms with Crippen LogP contribution in [0, 0.1) is 0 Å². The molecule has 0 unspecified atom stereocenters. The average Bonchev–Trinajstić information content (AvgIpc) is 2.45. The van der Waals surface area contributed by atoms with Crippen molar-refractivity contribution in [3.05, 3.63) is 14.7 Å². The van der Waals surface area contributed by atoms with E-state index in [0.717, 1.165) is 17.6 Å². The molecule has 1 aromatic heterocycles. The molecule has 0 saturated heterocycles. The van der Waals surface area contributed by atoms with Gasteiger partial charge in [0.1, 0.15) is 4.88 Å². The molecule has 0 aromatic carbocycles. The van der Waals surface area contributed by atoms with E-state index < -0.39 is 15.8 Å². The van der Waals surface area contributed by atoms with E-state index in [0.29, 0.717) is 3.79 Å². The zero-order valence-corrected chi connectivity index (χ0v) is 10.6. The highest BCUT2D eigenvalue weighted by molar-refractivity contribution is 9.11. The van der Waals surface area contributed by atoms with E-state index in [2.05, 4.69) is 20.7 Å². The van der Waals surface area contributed by atoms with Crippen LogP contribution in [0.3, 0.4) is 0 Å². The minimum Gasteiger partial charge on any atom is -0.465 e. The molecule has 14 heavy (non-hydrogen) atoms. The number of methoxy groups -OCH3 is 1. The lowest BCUT2D eigenvalue weighted by molar-refractivity contribution is 0.0606. The number of esters is 1. The van der Waals surface area contributed by atoms with Crippen molar-refractivity contribution in [2.45, 2.75) is 4.90 Å². The summed E-state index contributed by atoms with van der Waals surface area (Å²) in [6.45, 7) is 0. The molecule has 0 amide bonds. The molecular weight excluding hydrogens is 292 g/mol. The number of hydrogen-bond donors (Lipinski definition) is 0. The fraction of sp³-hybridized carbons (Fsp3) is 0.286. The highest BCUT2D eigenvalue weighted by atomic mass is 79.9. The highest BCUT2D eigenvalue weighted by Crippen LogP contribution is 2.31.